The number of hydrogen-bond donors (Lipinski definition) is 1. The predicted octanol–water partition coefficient (Wildman–Crippen LogP) is 2.61. The lowest BCUT2D eigenvalue weighted by molar-refractivity contribution is 0.777. The standard InChI is InChI=1S/C14H15ClN2O2/c1-8(2)11-12(15)16-14(19)17(13(11)18)10-6-4-9(3)5-7-10/h4-8H,1-3H3,(H,16,19). The quantitative estimate of drug-likeness (QED) is 0.859. The van der Waals surface area contributed by atoms with Gasteiger partial charge in [-0.1, -0.05) is 43.1 Å². The van der Waals surface area contributed by atoms with Crippen LogP contribution in [0.15, 0.2) is 33.9 Å². The molecular formula is C14H15ClN2O2. The summed E-state index contributed by atoms with van der Waals surface area (Å²) >= 11 is 5.95. The number of H-pyrrole nitrogens is 1. The van der Waals surface area contributed by atoms with Gasteiger partial charge >= 0.3 is 5.69 Å². The van der Waals surface area contributed by atoms with E-state index in [4.69, 9.17) is 11.6 Å². The Labute approximate surface area is 115 Å². The third-order valence-corrected chi connectivity index (χ3v) is 3.26. The Morgan fingerprint density at radius 1 is 1.16 bits per heavy atom. The van der Waals surface area contributed by atoms with Gasteiger partial charge in [0.05, 0.1) is 11.3 Å². The van der Waals surface area contributed by atoms with Gasteiger partial charge in [-0.15, -0.1) is 0 Å². The molecule has 1 aromatic heterocycles. The normalized spacial score (nSPS) is 11.0. The predicted molar refractivity (Wildman–Crippen MR) is 76.5 cm³/mol. The molecule has 5 heteroatoms. The van der Waals surface area contributed by atoms with Crippen molar-refractivity contribution in [3.63, 3.8) is 0 Å². The van der Waals surface area contributed by atoms with E-state index in [9.17, 15) is 9.59 Å². The largest absolute Gasteiger partial charge is 0.334 e. The minimum atomic E-state index is -0.525. The number of aromatic amines is 1. The highest BCUT2D eigenvalue weighted by atomic mass is 35.5. The highest BCUT2D eigenvalue weighted by molar-refractivity contribution is 6.30. The Morgan fingerprint density at radius 2 is 1.74 bits per heavy atom. The summed E-state index contributed by atoms with van der Waals surface area (Å²) in [6.07, 6.45) is 0. The molecule has 0 unspecified atom stereocenters. The highest BCUT2D eigenvalue weighted by Gasteiger charge is 2.16. The van der Waals surface area contributed by atoms with Gasteiger partial charge < -0.3 is 0 Å². The monoisotopic (exact) mass is 278 g/mol. The van der Waals surface area contributed by atoms with Crippen LogP contribution in [0.5, 0.6) is 0 Å². The van der Waals surface area contributed by atoms with Crippen LogP contribution in [-0.4, -0.2) is 9.55 Å². The molecule has 0 aliphatic carbocycles. The lowest BCUT2D eigenvalue weighted by Gasteiger charge is -2.11. The molecule has 0 amide bonds. The average Bonchev–Trinajstić information content (AvgIpc) is 2.30. The van der Waals surface area contributed by atoms with Gasteiger partial charge in [-0.3, -0.25) is 9.78 Å². The minimum Gasteiger partial charge on any atom is -0.297 e. The first-order chi connectivity index (χ1) is 8.91. The van der Waals surface area contributed by atoms with Crippen molar-refractivity contribution in [3.05, 3.63) is 61.4 Å². The molecule has 1 heterocycles. The molecule has 0 saturated carbocycles. The molecule has 0 atom stereocenters. The van der Waals surface area contributed by atoms with Gasteiger partial charge in [0.2, 0.25) is 0 Å². The Bertz CT molecular complexity index is 712. The Kier molecular flexibility index (Phi) is 3.62. The van der Waals surface area contributed by atoms with Crippen molar-refractivity contribution in [1.82, 2.24) is 9.55 Å². The van der Waals surface area contributed by atoms with Crippen molar-refractivity contribution >= 4 is 11.6 Å². The minimum absolute atomic E-state index is 0.0615. The Hall–Kier alpha value is -1.81. The first-order valence-electron chi connectivity index (χ1n) is 6.03. The van der Waals surface area contributed by atoms with Gasteiger partial charge in [0, 0.05) is 0 Å². The zero-order valence-corrected chi connectivity index (χ0v) is 11.8. The number of aryl methyl sites for hydroxylation is 1. The van der Waals surface area contributed by atoms with Crippen molar-refractivity contribution in [2.45, 2.75) is 26.7 Å². The molecule has 0 radical (unpaired) electrons. The van der Waals surface area contributed by atoms with E-state index < -0.39 is 5.69 Å². The van der Waals surface area contributed by atoms with E-state index in [1.165, 1.54) is 0 Å². The molecule has 0 saturated heterocycles. The number of rotatable bonds is 2. The summed E-state index contributed by atoms with van der Waals surface area (Å²) in [4.78, 5) is 26.9. The lowest BCUT2D eigenvalue weighted by Crippen LogP contribution is -2.36. The number of hydrogen-bond acceptors (Lipinski definition) is 2. The van der Waals surface area contributed by atoms with Crippen LogP contribution in [0.25, 0.3) is 5.69 Å². The fourth-order valence-corrected chi connectivity index (χ4v) is 2.33. The molecule has 19 heavy (non-hydrogen) atoms. The molecule has 1 aromatic carbocycles. The number of aromatic nitrogens is 2. The number of nitrogens with zero attached hydrogens (tertiary/aromatic N) is 1. The summed E-state index contributed by atoms with van der Waals surface area (Å²) in [6, 6.07) is 7.18. The maximum atomic E-state index is 12.4. The van der Waals surface area contributed by atoms with E-state index in [1.54, 1.807) is 12.1 Å². The average molecular weight is 279 g/mol. The molecule has 2 aromatic rings. The van der Waals surface area contributed by atoms with Gasteiger partial charge in [-0.2, -0.15) is 0 Å². The van der Waals surface area contributed by atoms with E-state index >= 15 is 0 Å². The maximum Gasteiger partial charge on any atom is 0.334 e. The van der Waals surface area contributed by atoms with Crippen molar-refractivity contribution in [3.8, 4) is 5.69 Å². The van der Waals surface area contributed by atoms with Gasteiger partial charge in [0.15, 0.2) is 0 Å². The van der Waals surface area contributed by atoms with Crippen LogP contribution in [0.1, 0.15) is 30.9 Å². The number of benzene rings is 1. The summed E-state index contributed by atoms with van der Waals surface area (Å²) < 4.78 is 1.11. The fraction of sp³-hybridized carbons (Fsp3) is 0.286. The summed E-state index contributed by atoms with van der Waals surface area (Å²) in [7, 11) is 0. The molecule has 0 bridgehead atoms. The van der Waals surface area contributed by atoms with Gasteiger partial charge in [-0.05, 0) is 25.0 Å². The zero-order chi connectivity index (χ0) is 14.2. The number of nitrogens with one attached hydrogen (secondary N) is 1. The smallest absolute Gasteiger partial charge is 0.297 e. The summed E-state index contributed by atoms with van der Waals surface area (Å²) in [5.74, 6) is -0.0615. The second-order valence-corrected chi connectivity index (χ2v) is 5.17. The van der Waals surface area contributed by atoms with Crippen LogP contribution in [0.3, 0.4) is 0 Å². The van der Waals surface area contributed by atoms with E-state index in [0.717, 1.165) is 10.1 Å². The summed E-state index contributed by atoms with van der Waals surface area (Å²) in [5.41, 5.74) is 1.12. The molecular weight excluding hydrogens is 264 g/mol. The van der Waals surface area contributed by atoms with Gasteiger partial charge in [-0.25, -0.2) is 9.36 Å². The maximum absolute atomic E-state index is 12.4. The second kappa shape index (κ2) is 5.05. The third kappa shape index (κ3) is 2.49. The Morgan fingerprint density at radius 3 is 2.26 bits per heavy atom. The zero-order valence-electron chi connectivity index (χ0n) is 11.0. The molecule has 100 valence electrons. The van der Waals surface area contributed by atoms with Crippen molar-refractivity contribution < 1.29 is 0 Å². The Balaban J connectivity index is 2.78. The van der Waals surface area contributed by atoms with Gasteiger partial charge in [0.1, 0.15) is 5.15 Å². The van der Waals surface area contributed by atoms with Crippen LogP contribution in [-0.2, 0) is 0 Å². The molecule has 1 N–H and O–H groups in total. The van der Waals surface area contributed by atoms with E-state index in [0.29, 0.717) is 11.3 Å². The molecule has 0 spiro atoms. The highest BCUT2D eigenvalue weighted by Crippen LogP contribution is 2.17. The fourth-order valence-electron chi connectivity index (χ4n) is 1.95. The van der Waals surface area contributed by atoms with Crippen LogP contribution in [0, 0.1) is 6.92 Å². The van der Waals surface area contributed by atoms with Crippen LogP contribution < -0.4 is 11.2 Å². The van der Waals surface area contributed by atoms with Crippen LogP contribution >= 0.6 is 11.6 Å². The molecule has 2 rings (SSSR count). The summed E-state index contributed by atoms with van der Waals surface area (Å²) in [5, 5.41) is 0.119. The molecule has 0 aliphatic rings. The van der Waals surface area contributed by atoms with Crippen LogP contribution in [0.2, 0.25) is 5.15 Å². The third-order valence-electron chi connectivity index (χ3n) is 2.96. The second-order valence-electron chi connectivity index (χ2n) is 4.79. The van der Waals surface area contributed by atoms with E-state index in [-0.39, 0.29) is 16.6 Å². The van der Waals surface area contributed by atoms with Crippen molar-refractivity contribution in [2.75, 3.05) is 0 Å². The van der Waals surface area contributed by atoms with E-state index in [2.05, 4.69) is 4.98 Å². The molecule has 0 fully saturated rings. The van der Waals surface area contributed by atoms with Crippen LogP contribution in [0.4, 0.5) is 0 Å². The molecule has 0 aliphatic heterocycles. The van der Waals surface area contributed by atoms with Gasteiger partial charge in [0.25, 0.3) is 5.56 Å². The first kappa shape index (κ1) is 13.6. The lowest BCUT2D eigenvalue weighted by atomic mass is 10.1. The first-order valence-corrected chi connectivity index (χ1v) is 6.41. The molecule has 4 nitrogen and oxygen atoms in total. The van der Waals surface area contributed by atoms with Crippen molar-refractivity contribution in [2.24, 2.45) is 0 Å². The SMILES string of the molecule is Cc1ccc(-n2c(=O)[nH]c(Cl)c(C(C)C)c2=O)cc1. The topological polar surface area (TPSA) is 54.9 Å². The van der Waals surface area contributed by atoms with E-state index in [1.807, 2.05) is 32.9 Å². The summed E-state index contributed by atoms with van der Waals surface area (Å²) in [6.45, 7) is 5.67. The number of halogens is 1. The van der Waals surface area contributed by atoms with Crippen molar-refractivity contribution in [1.29, 1.82) is 0 Å².